The van der Waals surface area contributed by atoms with Crippen molar-refractivity contribution >= 4 is 15.9 Å². The summed E-state index contributed by atoms with van der Waals surface area (Å²) in [5.74, 6) is -0.293. The Kier molecular flexibility index (Phi) is 7.79. The molecule has 0 aliphatic heterocycles. The van der Waals surface area contributed by atoms with Gasteiger partial charge in [0.15, 0.2) is 0 Å². The SMILES string of the molecule is C=CCNS(=O)(=O)c1cccc(C(=O)NCCNCCC)c1. The Balaban J connectivity index is 2.67. The van der Waals surface area contributed by atoms with Crippen LogP contribution in [-0.4, -0.2) is 40.5 Å². The molecular formula is C15H23N3O3S. The molecule has 122 valence electrons. The van der Waals surface area contributed by atoms with E-state index in [4.69, 9.17) is 0 Å². The first-order chi connectivity index (χ1) is 10.5. The van der Waals surface area contributed by atoms with Crippen molar-refractivity contribution in [3.05, 3.63) is 42.5 Å². The summed E-state index contributed by atoms with van der Waals surface area (Å²) in [6.07, 6.45) is 2.49. The van der Waals surface area contributed by atoms with Gasteiger partial charge < -0.3 is 10.6 Å². The number of rotatable bonds is 10. The molecule has 0 radical (unpaired) electrons. The zero-order valence-electron chi connectivity index (χ0n) is 12.8. The normalized spacial score (nSPS) is 11.1. The van der Waals surface area contributed by atoms with E-state index in [1.54, 1.807) is 12.1 Å². The van der Waals surface area contributed by atoms with E-state index in [2.05, 4.69) is 28.9 Å². The van der Waals surface area contributed by atoms with Gasteiger partial charge in [0.05, 0.1) is 4.90 Å². The molecule has 0 aromatic heterocycles. The number of carbonyl (C=O) groups is 1. The third kappa shape index (κ3) is 5.97. The molecule has 1 amide bonds. The molecule has 0 spiro atoms. The minimum absolute atomic E-state index is 0.0612. The molecule has 0 unspecified atom stereocenters. The summed E-state index contributed by atoms with van der Waals surface area (Å²) in [6.45, 7) is 7.74. The van der Waals surface area contributed by atoms with E-state index < -0.39 is 10.0 Å². The average Bonchev–Trinajstić information content (AvgIpc) is 2.52. The molecule has 1 rings (SSSR count). The minimum atomic E-state index is -3.62. The first-order valence-corrected chi connectivity index (χ1v) is 8.69. The van der Waals surface area contributed by atoms with E-state index in [1.165, 1.54) is 18.2 Å². The molecule has 0 atom stereocenters. The molecule has 0 bridgehead atoms. The van der Waals surface area contributed by atoms with Gasteiger partial charge in [-0.3, -0.25) is 4.79 Å². The smallest absolute Gasteiger partial charge is 0.251 e. The first kappa shape index (κ1) is 18.3. The third-order valence-electron chi connectivity index (χ3n) is 2.84. The molecule has 3 N–H and O–H groups in total. The van der Waals surface area contributed by atoms with E-state index >= 15 is 0 Å². The summed E-state index contributed by atoms with van der Waals surface area (Å²) < 4.78 is 26.4. The number of sulfonamides is 1. The van der Waals surface area contributed by atoms with E-state index in [1.807, 2.05) is 0 Å². The van der Waals surface area contributed by atoms with Crippen LogP contribution in [0.25, 0.3) is 0 Å². The molecule has 0 saturated carbocycles. The van der Waals surface area contributed by atoms with Gasteiger partial charge in [-0.15, -0.1) is 6.58 Å². The largest absolute Gasteiger partial charge is 0.351 e. The number of hydrogen-bond acceptors (Lipinski definition) is 4. The zero-order chi connectivity index (χ0) is 16.4. The van der Waals surface area contributed by atoms with Crippen molar-refractivity contribution in [2.45, 2.75) is 18.2 Å². The number of nitrogens with one attached hydrogen (secondary N) is 3. The maximum Gasteiger partial charge on any atom is 0.251 e. The Bertz CT molecular complexity index is 600. The molecule has 0 fully saturated rings. The highest BCUT2D eigenvalue weighted by Gasteiger charge is 2.15. The van der Waals surface area contributed by atoms with Crippen molar-refractivity contribution in [3.63, 3.8) is 0 Å². The maximum absolute atomic E-state index is 12.0. The Hall–Kier alpha value is -1.70. The fraction of sp³-hybridized carbons (Fsp3) is 0.400. The van der Waals surface area contributed by atoms with Crippen LogP contribution in [0.15, 0.2) is 41.8 Å². The van der Waals surface area contributed by atoms with Crippen molar-refractivity contribution in [1.29, 1.82) is 0 Å². The molecule has 7 heteroatoms. The highest BCUT2D eigenvalue weighted by molar-refractivity contribution is 7.89. The fourth-order valence-corrected chi connectivity index (χ4v) is 2.77. The Morgan fingerprint density at radius 2 is 2.05 bits per heavy atom. The predicted molar refractivity (Wildman–Crippen MR) is 87.3 cm³/mol. The van der Waals surface area contributed by atoms with E-state index in [9.17, 15) is 13.2 Å². The monoisotopic (exact) mass is 325 g/mol. The van der Waals surface area contributed by atoms with Crippen LogP contribution in [0, 0.1) is 0 Å². The quantitative estimate of drug-likeness (QED) is 0.440. The Morgan fingerprint density at radius 3 is 2.73 bits per heavy atom. The molecule has 0 heterocycles. The van der Waals surface area contributed by atoms with Gasteiger partial charge in [0.1, 0.15) is 0 Å². The lowest BCUT2D eigenvalue weighted by Crippen LogP contribution is -2.32. The van der Waals surface area contributed by atoms with E-state index in [-0.39, 0.29) is 17.3 Å². The summed E-state index contributed by atoms with van der Waals surface area (Å²) in [6, 6.07) is 5.94. The van der Waals surface area contributed by atoms with Gasteiger partial charge in [0.2, 0.25) is 10.0 Å². The van der Waals surface area contributed by atoms with E-state index in [0.717, 1.165) is 13.0 Å². The summed E-state index contributed by atoms with van der Waals surface area (Å²) in [4.78, 5) is 12.1. The van der Waals surface area contributed by atoms with Crippen LogP contribution >= 0.6 is 0 Å². The van der Waals surface area contributed by atoms with Crippen LogP contribution in [0.3, 0.4) is 0 Å². The number of carbonyl (C=O) groups excluding carboxylic acids is 1. The second kappa shape index (κ2) is 9.34. The lowest BCUT2D eigenvalue weighted by molar-refractivity contribution is 0.0953. The van der Waals surface area contributed by atoms with Crippen LogP contribution in [0.5, 0.6) is 0 Å². The van der Waals surface area contributed by atoms with Gasteiger partial charge in [0, 0.05) is 25.2 Å². The van der Waals surface area contributed by atoms with Gasteiger partial charge in [-0.2, -0.15) is 0 Å². The highest BCUT2D eigenvalue weighted by atomic mass is 32.2. The predicted octanol–water partition coefficient (Wildman–Crippen LogP) is 0.880. The molecule has 0 saturated heterocycles. The molecule has 1 aromatic carbocycles. The highest BCUT2D eigenvalue weighted by Crippen LogP contribution is 2.11. The standard InChI is InChI=1S/C15H23N3O3S/c1-3-8-16-10-11-17-15(19)13-6-5-7-14(12-13)22(20,21)18-9-4-2/h4-7,12,16,18H,2-3,8-11H2,1H3,(H,17,19). The first-order valence-electron chi connectivity index (χ1n) is 7.20. The summed E-state index contributed by atoms with van der Waals surface area (Å²) in [5, 5.41) is 5.92. The maximum atomic E-state index is 12.0. The van der Waals surface area contributed by atoms with E-state index in [0.29, 0.717) is 18.7 Å². The Morgan fingerprint density at radius 1 is 1.27 bits per heavy atom. The topological polar surface area (TPSA) is 87.3 Å². The van der Waals surface area contributed by atoms with Crippen LogP contribution in [-0.2, 0) is 10.0 Å². The number of hydrogen-bond donors (Lipinski definition) is 3. The van der Waals surface area contributed by atoms with Gasteiger partial charge in [0.25, 0.3) is 5.91 Å². The van der Waals surface area contributed by atoms with Crippen molar-refractivity contribution in [1.82, 2.24) is 15.4 Å². The number of benzene rings is 1. The van der Waals surface area contributed by atoms with Crippen molar-refractivity contribution in [3.8, 4) is 0 Å². The second-order valence-electron chi connectivity index (χ2n) is 4.67. The lowest BCUT2D eigenvalue weighted by Gasteiger charge is -2.08. The van der Waals surface area contributed by atoms with Crippen molar-refractivity contribution in [2.24, 2.45) is 0 Å². The average molecular weight is 325 g/mol. The molecule has 6 nitrogen and oxygen atoms in total. The van der Waals surface area contributed by atoms with Crippen LogP contribution < -0.4 is 15.4 Å². The number of amides is 1. The van der Waals surface area contributed by atoms with Gasteiger partial charge in [-0.1, -0.05) is 19.1 Å². The molecule has 1 aromatic rings. The van der Waals surface area contributed by atoms with Crippen molar-refractivity contribution in [2.75, 3.05) is 26.2 Å². The third-order valence-corrected chi connectivity index (χ3v) is 4.26. The minimum Gasteiger partial charge on any atom is -0.351 e. The van der Waals surface area contributed by atoms with Crippen LogP contribution in [0.2, 0.25) is 0 Å². The second-order valence-corrected chi connectivity index (χ2v) is 6.44. The summed E-state index contributed by atoms with van der Waals surface area (Å²) >= 11 is 0. The zero-order valence-corrected chi connectivity index (χ0v) is 13.6. The molecule has 0 aliphatic carbocycles. The molecule has 0 aliphatic rings. The van der Waals surface area contributed by atoms with Gasteiger partial charge >= 0.3 is 0 Å². The Labute approximate surface area is 132 Å². The summed E-state index contributed by atoms with van der Waals surface area (Å²) in [5.41, 5.74) is 0.317. The van der Waals surface area contributed by atoms with Gasteiger partial charge in [-0.05, 0) is 31.2 Å². The fourth-order valence-electron chi connectivity index (χ4n) is 1.72. The van der Waals surface area contributed by atoms with Crippen LogP contribution in [0.4, 0.5) is 0 Å². The summed E-state index contributed by atoms with van der Waals surface area (Å²) in [7, 11) is -3.62. The van der Waals surface area contributed by atoms with Crippen LogP contribution in [0.1, 0.15) is 23.7 Å². The van der Waals surface area contributed by atoms with Crippen molar-refractivity contribution < 1.29 is 13.2 Å². The lowest BCUT2D eigenvalue weighted by atomic mass is 10.2. The molecular weight excluding hydrogens is 302 g/mol. The van der Waals surface area contributed by atoms with Gasteiger partial charge in [-0.25, -0.2) is 13.1 Å². The molecule has 22 heavy (non-hydrogen) atoms.